The van der Waals surface area contributed by atoms with Crippen molar-refractivity contribution in [2.45, 2.75) is 97.0 Å². The minimum atomic E-state index is -0.897. The van der Waals surface area contributed by atoms with Gasteiger partial charge in [-0.25, -0.2) is 0 Å². The molecule has 0 heterocycles. The number of hydrogen-bond donors (Lipinski definition) is 1. The van der Waals surface area contributed by atoms with Crippen molar-refractivity contribution >= 4 is 11.9 Å². The lowest BCUT2D eigenvalue weighted by Gasteiger charge is -2.16. The highest BCUT2D eigenvalue weighted by Gasteiger charge is 2.17. The van der Waals surface area contributed by atoms with Gasteiger partial charge in [0.1, 0.15) is 6.10 Å². The molecule has 124 valence electrons. The lowest BCUT2D eigenvalue weighted by molar-refractivity contribution is -0.153. The van der Waals surface area contributed by atoms with Gasteiger partial charge in [-0.05, 0) is 19.3 Å². The molecule has 0 aromatic carbocycles. The predicted molar refractivity (Wildman–Crippen MR) is 84.3 cm³/mol. The number of aliphatic carboxylic acids is 1. The van der Waals surface area contributed by atoms with Crippen LogP contribution in [0, 0.1) is 0 Å². The molecule has 1 atom stereocenters. The fourth-order valence-corrected chi connectivity index (χ4v) is 2.29. The number of esters is 1. The van der Waals surface area contributed by atoms with Gasteiger partial charge in [0.05, 0.1) is 6.42 Å². The van der Waals surface area contributed by atoms with Crippen molar-refractivity contribution in [3.05, 3.63) is 0 Å². The van der Waals surface area contributed by atoms with Gasteiger partial charge in [-0.2, -0.15) is 0 Å². The summed E-state index contributed by atoms with van der Waals surface area (Å²) in [6.07, 6.45) is 10.5. The average molecular weight is 300 g/mol. The van der Waals surface area contributed by atoms with Crippen LogP contribution in [0.5, 0.6) is 0 Å². The number of carboxylic acid groups (broad SMARTS) is 1. The van der Waals surface area contributed by atoms with Gasteiger partial charge in [0.25, 0.3) is 0 Å². The molecule has 1 N–H and O–H groups in total. The van der Waals surface area contributed by atoms with E-state index < -0.39 is 12.1 Å². The largest absolute Gasteiger partial charge is 0.481 e. The Morgan fingerprint density at radius 1 is 0.905 bits per heavy atom. The summed E-state index contributed by atoms with van der Waals surface area (Å²) in [4.78, 5) is 22.4. The topological polar surface area (TPSA) is 63.6 Å². The molecule has 1 unspecified atom stereocenters. The predicted octanol–water partition coefficient (Wildman–Crippen LogP) is 4.70. The van der Waals surface area contributed by atoms with E-state index in [4.69, 9.17) is 9.84 Å². The van der Waals surface area contributed by atoms with Gasteiger partial charge in [0.2, 0.25) is 0 Å². The average Bonchev–Trinajstić information content (AvgIpc) is 2.43. The first-order valence-electron chi connectivity index (χ1n) is 8.51. The molecule has 0 aromatic rings. The van der Waals surface area contributed by atoms with Crippen LogP contribution in [-0.2, 0) is 14.3 Å². The minimum absolute atomic E-state index is 0.0757. The molecule has 0 rings (SSSR count). The third-order valence-corrected chi connectivity index (χ3v) is 3.56. The van der Waals surface area contributed by atoms with Crippen molar-refractivity contribution < 1.29 is 19.4 Å². The van der Waals surface area contributed by atoms with Crippen molar-refractivity contribution in [3.8, 4) is 0 Å². The van der Waals surface area contributed by atoms with E-state index in [1.807, 2.05) is 6.92 Å². The molecule has 0 amide bonds. The standard InChI is InChI=1S/C17H32O4/c1-3-5-7-8-9-10-11-12-15(14-16(18)19)21-17(20)13-6-4-2/h15H,3-14H2,1-2H3,(H,18,19). The zero-order valence-electron chi connectivity index (χ0n) is 13.7. The number of carboxylic acids is 1. The number of carbonyl (C=O) groups excluding carboxylic acids is 1. The van der Waals surface area contributed by atoms with Crippen molar-refractivity contribution in [1.82, 2.24) is 0 Å². The normalized spacial score (nSPS) is 12.1. The van der Waals surface area contributed by atoms with Gasteiger partial charge in [-0.1, -0.05) is 58.8 Å². The summed E-state index contributed by atoms with van der Waals surface area (Å²) in [6, 6.07) is 0. The van der Waals surface area contributed by atoms with E-state index in [2.05, 4.69) is 6.92 Å². The van der Waals surface area contributed by atoms with Crippen molar-refractivity contribution in [2.75, 3.05) is 0 Å². The minimum Gasteiger partial charge on any atom is -0.481 e. The quantitative estimate of drug-likeness (QED) is 0.373. The van der Waals surface area contributed by atoms with Crippen molar-refractivity contribution in [1.29, 1.82) is 0 Å². The van der Waals surface area contributed by atoms with Gasteiger partial charge in [0, 0.05) is 6.42 Å². The Bertz CT molecular complexity index is 276. The molecule has 0 saturated heterocycles. The Morgan fingerprint density at radius 2 is 1.48 bits per heavy atom. The molecule has 0 fully saturated rings. The van der Waals surface area contributed by atoms with Crippen LogP contribution in [0.4, 0.5) is 0 Å². The molecular weight excluding hydrogens is 268 g/mol. The van der Waals surface area contributed by atoms with Gasteiger partial charge >= 0.3 is 11.9 Å². The molecule has 4 nitrogen and oxygen atoms in total. The maximum Gasteiger partial charge on any atom is 0.307 e. The fourth-order valence-electron chi connectivity index (χ4n) is 2.29. The second-order valence-corrected chi connectivity index (χ2v) is 5.72. The Morgan fingerprint density at radius 3 is 2.05 bits per heavy atom. The van der Waals surface area contributed by atoms with E-state index in [9.17, 15) is 9.59 Å². The van der Waals surface area contributed by atoms with Crippen LogP contribution in [0.3, 0.4) is 0 Å². The molecule has 0 aliphatic rings. The molecule has 0 saturated carbocycles. The number of carbonyl (C=O) groups is 2. The van der Waals surface area contributed by atoms with E-state index in [0.717, 1.165) is 25.7 Å². The van der Waals surface area contributed by atoms with E-state index in [-0.39, 0.29) is 12.4 Å². The van der Waals surface area contributed by atoms with Crippen LogP contribution in [0.1, 0.15) is 90.9 Å². The highest BCUT2D eigenvalue weighted by Crippen LogP contribution is 2.14. The first-order valence-corrected chi connectivity index (χ1v) is 8.51. The SMILES string of the molecule is CCCCCCCCCC(CC(=O)O)OC(=O)CCCC. The Kier molecular flexibility index (Phi) is 13.2. The van der Waals surface area contributed by atoms with Gasteiger partial charge in [-0.3, -0.25) is 9.59 Å². The summed E-state index contributed by atoms with van der Waals surface area (Å²) in [6.45, 7) is 4.21. The summed E-state index contributed by atoms with van der Waals surface area (Å²) >= 11 is 0. The summed E-state index contributed by atoms with van der Waals surface area (Å²) in [7, 11) is 0. The smallest absolute Gasteiger partial charge is 0.307 e. The lowest BCUT2D eigenvalue weighted by atomic mass is 10.0. The highest BCUT2D eigenvalue weighted by atomic mass is 16.5. The summed E-state index contributed by atoms with van der Waals surface area (Å²) in [5, 5.41) is 8.88. The maximum absolute atomic E-state index is 11.6. The Hall–Kier alpha value is -1.06. The molecule has 21 heavy (non-hydrogen) atoms. The number of hydrogen-bond acceptors (Lipinski definition) is 3. The Balaban J connectivity index is 3.85. The van der Waals surface area contributed by atoms with E-state index in [1.54, 1.807) is 0 Å². The molecule has 0 aromatic heterocycles. The van der Waals surface area contributed by atoms with Crippen molar-refractivity contribution in [3.63, 3.8) is 0 Å². The fraction of sp³-hybridized carbons (Fsp3) is 0.882. The van der Waals surface area contributed by atoms with Crippen LogP contribution in [-0.4, -0.2) is 23.1 Å². The monoisotopic (exact) mass is 300 g/mol. The zero-order valence-corrected chi connectivity index (χ0v) is 13.7. The zero-order chi connectivity index (χ0) is 15.9. The molecule has 0 aliphatic carbocycles. The molecule has 4 heteroatoms. The summed E-state index contributed by atoms with van der Waals surface area (Å²) < 4.78 is 5.29. The molecule has 0 bridgehead atoms. The number of rotatable bonds is 14. The van der Waals surface area contributed by atoms with E-state index in [1.165, 1.54) is 32.1 Å². The number of ether oxygens (including phenoxy) is 1. The molecular formula is C17H32O4. The van der Waals surface area contributed by atoms with Crippen LogP contribution in [0.15, 0.2) is 0 Å². The number of unbranched alkanes of at least 4 members (excludes halogenated alkanes) is 7. The van der Waals surface area contributed by atoms with Gasteiger partial charge in [0.15, 0.2) is 0 Å². The summed E-state index contributed by atoms with van der Waals surface area (Å²) in [5.74, 6) is -1.16. The van der Waals surface area contributed by atoms with Crippen LogP contribution in [0.25, 0.3) is 0 Å². The molecule has 0 radical (unpaired) electrons. The van der Waals surface area contributed by atoms with Crippen LogP contribution < -0.4 is 0 Å². The van der Waals surface area contributed by atoms with Crippen LogP contribution in [0.2, 0.25) is 0 Å². The summed E-state index contributed by atoms with van der Waals surface area (Å²) in [5.41, 5.74) is 0. The van der Waals surface area contributed by atoms with Crippen molar-refractivity contribution in [2.24, 2.45) is 0 Å². The Labute approximate surface area is 129 Å². The van der Waals surface area contributed by atoms with Crippen LogP contribution >= 0.6 is 0 Å². The third-order valence-electron chi connectivity index (χ3n) is 3.56. The van der Waals surface area contributed by atoms with Gasteiger partial charge < -0.3 is 9.84 Å². The maximum atomic E-state index is 11.6. The third kappa shape index (κ3) is 13.7. The van der Waals surface area contributed by atoms with E-state index in [0.29, 0.717) is 12.8 Å². The van der Waals surface area contributed by atoms with Gasteiger partial charge in [-0.15, -0.1) is 0 Å². The second-order valence-electron chi connectivity index (χ2n) is 5.72. The molecule has 0 spiro atoms. The first kappa shape index (κ1) is 19.9. The van der Waals surface area contributed by atoms with E-state index >= 15 is 0 Å². The second kappa shape index (κ2) is 13.9. The first-order chi connectivity index (χ1) is 10.1. The molecule has 0 aliphatic heterocycles. The highest BCUT2D eigenvalue weighted by molar-refractivity contribution is 5.71. The lowest BCUT2D eigenvalue weighted by Crippen LogP contribution is -2.21.